The molecule has 130 valence electrons. The van der Waals surface area contributed by atoms with Gasteiger partial charge in [-0.1, -0.05) is 0 Å². The number of benzene rings is 1. The number of carbonyl (C=O) groups excluding carboxylic acids is 1. The second kappa shape index (κ2) is 6.55. The van der Waals surface area contributed by atoms with Crippen LogP contribution in [0, 0.1) is 18.7 Å². The molecule has 1 aromatic heterocycles. The van der Waals surface area contributed by atoms with Crippen LogP contribution in [0.3, 0.4) is 0 Å². The van der Waals surface area contributed by atoms with E-state index < -0.39 is 5.97 Å². The Balaban J connectivity index is 2.11. The van der Waals surface area contributed by atoms with Gasteiger partial charge in [-0.2, -0.15) is 0 Å². The number of esters is 1. The molecule has 1 heterocycles. The Morgan fingerprint density at radius 1 is 1.33 bits per heavy atom. The van der Waals surface area contributed by atoms with E-state index >= 15 is 0 Å². The topological polar surface area (TPSA) is 51.5 Å². The fourth-order valence-corrected chi connectivity index (χ4v) is 4.09. The van der Waals surface area contributed by atoms with Gasteiger partial charge in [0.2, 0.25) is 0 Å². The number of halogens is 1. The Labute approximate surface area is 141 Å². The minimum Gasteiger partial charge on any atom is -0.465 e. The molecule has 0 aliphatic heterocycles. The van der Waals surface area contributed by atoms with Gasteiger partial charge in [0.15, 0.2) is 0 Å². The van der Waals surface area contributed by atoms with Crippen molar-refractivity contribution in [3.8, 4) is 0 Å². The molecule has 1 saturated carbocycles. The van der Waals surface area contributed by atoms with Crippen molar-refractivity contribution in [3.63, 3.8) is 0 Å². The minimum atomic E-state index is -0.394. The molecule has 0 radical (unpaired) electrons. The van der Waals surface area contributed by atoms with E-state index in [1.54, 1.807) is 6.07 Å². The highest BCUT2D eigenvalue weighted by Gasteiger charge is 2.29. The van der Waals surface area contributed by atoms with E-state index in [1.165, 1.54) is 19.2 Å². The van der Waals surface area contributed by atoms with Crippen molar-refractivity contribution < 1.29 is 19.0 Å². The zero-order valence-corrected chi connectivity index (χ0v) is 14.4. The van der Waals surface area contributed by atoms with Crippen LogP contribution < -0.4 is 0 Å². The Bertz CT molecular complexity index is 760. The van der Waals surface area contributed by atoms with Crippen molar-refractivity contribution in [3.05, 3.63) is 35.3 Å². The summed E-state index contributed by atoms with van der Waals surface area (Å²) in [6.45, 7) is 4.00. The molecule has 5 heteroatoms. The van der Waals surface area contributed by atoms with E-state index in [0.717, 1.165) is 42.3 Å². The summed E-state index contributed by atoms with van der Waals surface area (Å²) in [5.74, 6) is -0.311. The number of hydrogen-bond acceptors (Lipinski definition) is 3. The van der Waals surface area contributed by atoms with Crippen molar-refractivity contribution in [2.24, 2.45) is 5.92 Å². The highest BCUT2D eigenvalue weighted by atomic mass is 19.1. The first-order chi connectivity index (χ1) is 11.4. The van der Waals surface area contributed by atoms with Gasteiger partial charge in [0.05, 0.1) is 24.3 Å². The van der Waals surface area contributed by atoms with Gasteiger partial charge >= 0.3 is 5.97 Å². The number of hydrogen-bond donors (Lipinski definition) is 1. The van der Waals surface area contributed by atoms with Crippen molar-refractivity contribution >= 4 is 16.9 Å². The Hall–Kier alpha value is -1.88. The molecule has 1 fully saturated rings. The number of fused-ring (bicyclic) bond motifs is 1. The molecule has 1 aliphatic carbocycles. The summed E-state index contributed by atoms with van der Waals surface area (Å²) in [5.41, 5.74) is 2.04. The summed E-state index contributed by atoms with van der Waals surface area (Å²) >= 11 is 0. The van der Waals surface area contributed by atoms with Crippen molar-refractivity contribution in [2.75, 3.05) is 7.11 Å². The van der Waals surface area contributed by atoms with Gasteiger partial charge in [0, 0.05) is 17.1 Å². The molecule has 1 aromatic carbocycles. The van der Waals surface area contributed by atoms with Crippen LogP contribution in [0.5, 0.6) is 0 Å². The van der Waals surface area contributed by atoms with Gasteiger partial charge < -0.3 is 14.4 Å². The number of rotatable bonds is 3. The monoisotopic (exact) mass is 333 g/mol. The molecule has 2 aromatic rings. The van der Waals surface area contributed by atoms with Gasteiger partial charge in [0.25, 0.3) is 0 Å². The molecule has 4 nitrogen and oxygen atoms in total. The molecule has 24 heavy (non-hydrogen) atoms. The van der Waals surface area contributed by atoms with Gasteiger partial charge in [-0.25, -0.2) is 9.18 Å². The van der Waals surface area contributed by atoms with Crippen LogP contribution in [-0.2, 0) is 4.74 Å². The number of aliphatic hydroxyl groups excluding tert-OH is 1. The molecule has 0 unspecified atom stereocenters. The van der Waals surface area contributed by atoms with Crippen molar-refractivity contribution in [2.45, 2.75) is 51.7 Å². The number of ether oxygens (including phenoxy) is 1. The molecular formula is C19H24FNO3. The zero-order chi connectivity index (χ0) is 17.4. The third kappa shape index (κ3) is 2.81. The van der Waals surface area contributed by atoms with Gasteiger partial charge in [0.1, 0.15) is 5.82 Å². The Morgan fingerprint density at radius 2 is 2.00 bits per heavy atom. The Kier molecular flexibility index (Phi) is 4.63. The highest BCUT2D eigenvalue weighted by Crippen LogP contribution is 2.38. The molecule has 0 saturated heterocycles. The molecule has 1 aliphatic rings. The molecule has 0 amide bonds. The van der Waals surface area contributed by atoms with E-state index in [4.69, 9.17) is 4.74 Å². The molecule has 3 rings (SSSR count). The van der Waals surface area contributed by atoms with Crippen molar-refractivity contribution in [1.29, 1.82) is 0 Å². The number of aromatic nitrogens is 1. The average molecular weight is 333 g/mol. The maximum absolute atomic E-state index is 13.8. The first kappa shape index (κ1) is 17.0. The first-order valence-corrected chi connectivity index (χ1v) is 8.50. The maximum atomic E-state index is 13.8. The third-order valence-electron chi connectivity index (χ3n) is 5.43. The van der Waals surface area contributed by atoms with Crippen LogP contribution in [0.1, 0.15) is 54.7 Å². The van der Waals surface area contributed by atoms with Gasteiger partial charge in [-0.15, -0.1) is 0 Å². The Morgan fingerprint density at radius 3 is 2.62 bits per heavy atom. The zero-order valence-electron chi connectivity index (χ0n) is 14.4. The number of aliphatic hydroxyl groups is 1. The highest BCUT2D eigenvalue weighted by molar-refractivity contribution is 6.06. The second-order valence-electron chi connectivity index (χ2n) is 6.79. The summed E-state index contributed by atoms with van der Waals surface area (Å²) in [6.07, 6.45) is 3.25. The van der Waals surface area contributed by atoms with Gasteiger partial charge in [-0.05, 0) is 63.6 Å². The van der Waals surface area contributed by atoms with Crippen LogP contribution in [-0.4, -0.2) is 28.9 Å². The van der Waals surface area contributed by atoms with Crippen LogP contribution >= 0.6 is 0 Å². The van der Waals surface area contributed by atoms with Crippen LogP contribution in [0.25, 0.3) is 10.9 Å². The van der Waals surface area contributed by atoms with E-state index in [-0.39, 0.29) is 18.0 Å². The lowest BCUT2D eigenvalue weighted by molar-refractivity contribution is 0.0601. The third-order valence-corrected chi connectivity index (χ3v) is 5.43. The second-order valence-corrected chi connectivity index (χ2v) is 6.79. The fraction of sp³-hybridized carbons (Fsp3) is 0.526. The van der Waals surface area contributed by atoms with Crippen LogP contribution in [0.4, 0.5) is 4.39 Å². The predicted octanol–water partition coefficient (Wildman–Crippen LogP) is 3.99. The lowest BCUT2D eigenvalue weighted by Gasteiger charge is -2.32. The van der Waals surface area contributed by atoms with Gasteiger partial charge in [-0.3, -0.25) is 0 Å². The first-order valence-electron chi connectivity index (χ1n) is 8.50. The van der Waals surface area contributed by atoms with E-state index in [2.05, 4.69) is 11.5 Å². The molecule has 0 bridgehead atoms. The molecule has 1 atom stereocenters. The number of carbonyl (C=O) groups is 1. The summed E-state index contributed by atoms with van der Waals surface area (Å²) in [7, 11) is 1.36. The summed E-state index contributed by atoms with van der Waals surface area (Å²) in [4.78, 5) is 12.2. The van der Waals surface area contributed by atoms with Crippen LogP contribution in [0.2, 0.25) is 0 Å². The van der Waals surface area contributed by atoms with Crippen LogP contribution in [0.15, 0.2) is 18.2 Å². The number of nitrogens with zero attached hydrogens (tertiary/aromatic N) is 1. The lowest BCUT2D eigenvalue weighted by Crippen LogP contribution is -2.25. The lowest BCUT2D eigenvalue weighted by atomic mass is 9.83. The van der Waals surface area contributed by atoms with E-state index in [0.29, 0.717) is 11.5 Å². The normalized spacial score (nSPS) is 22.5. The maximum Gasteiger partial charge on any atom is 0.340 e. The predicted molar refractivity (Wildman–Crippen MR) is 90.6 cm³/mol. The summed E-state index contributed by atoms with van der Waals surface area (Å²) in [6, 6.07) is 4.64. The summed E-state index contributed by atoms with van der Waals surface area (Å²) in [5, 5.41) is 10.5. The summed E-state index contributed by atoms with van der Waals surface area (Å²) < 4.78 is 20.8. The minimum absolute atomic E-state index is 0.125. The molecule has 1 N–H and O–H groups in total. The van der Waals surface area contributed by atoms with E-state index in [1.807, 2.05) is 6.92 Å². The molecular weight excluding hydrogens is 309 g/mol. The van der Waals surface area contributed by atoms with Crippen molar-refractivity contribution in [1.82, 2.24) is 4.57 Å². The largest absolute Gasteiger partial charge is 0.465 e. The number of methoxy groups -OCH3 is 1. The quantitative estimate of drug-likeness (QED) is 0.864. The smallest absolute Gasteiger partial charge is 0.340 e. The fourth-order valence-electron chi connectivity index (χ4n) is 4.09. The SMILES string of the molecule is COC(=O)c1c(C)n([C@H](C)C2CCC(O)CC2)c2cc(F)ccc12. The standard InChI is InChI=1S/C19H24FNO3/c1-11(13-4-7-15(22)8-5-13)21-12(2)18(19(23)24-3)16-9-6-14(20)10-17(16)21/h6,9-11,13,15,22H,4-5,7-8H2,1-3H3/t11-,13?,15?/m1/s1. The molecule has 0 spiro atoms. The average Bonchev–Trinajstić information content (AvgIpc) is 2.85. The van der Waals surface area contributed by atoms with E-state index in [9.17, 15) is 14.3 Å².